The number of alkyl halides is 2. The maximum absolute atomic E-state index is 13.9. The third-order valence-corrected chi connectivity index (χ3v) is 12.0. The van der Waals surface area contributed by atoms with Crippen molar-refractivity contribution in [2.45, 2.75) is 93.3 Å². The fourth-order valence-electron chi connectivity index (χ4n) is 7.19. The largest absolute Gasteiger partial charge is 0.366 e. The first-order valence-corrected chi connectivity index (χ1v) is 16.1. The van der Waals surface area contributed by atoms with Gasteiger partial charge in [-0.15, -0.1) is 0 Å². The van der Waals surface area contributed by atoms with Crippen LogP contribution in [0.5, 0.6) is 0 Å². The Balaban J connectivity index is 1.20. The molecule has 2 bridgehead atoms. The minimum absolute atomic E-state index is 0.0399. The molecule has 4 saturated carbocycles. The first-order chi connectivity index (χ1) is 19.1. The second kappa shape index (κ2) is 9.73. The van der Waals surface area contributed by atoms with E-state index in [4.69, 9.17) is 28.2 Å². The van der Waals surface area contributed by atoms with Crippen LogP contribution < -0.4 is 5.32 Å². The fraction of sp³-hybridized carbons (Fsp3) is 0.533. The van der Waals surface area contributed by atoms with Crippen molar-refractivity contribution in [1.82, 2.24) is 9.62 Å². The molecule has 41 heavy (non-hydrogen) atoms. The number of amidine groups is 1. The second-order valence-electron chi connectivity index (χ2n) is 13.0. The number of rotatable bonds is 10. The van der Waals surface area contributed by atoms with Crippen LogP contribution in [0.4, 0.5) is 8.78 Å². The minimum atomic E-state index is -3.83. The van der Waals surface area contributed by atoms with Gasteiger partial charge in [-0.25, -0.2) is 17.2 Å². The van der Waals surface area contributed by atoms with Crippen molar-refractivity contribution in [2.24, 2.45) is 16.3 Å². The van der Waals surface area contributed by atoms with Gasteiger partial charge in [0, 0.05) is 36.8 Å². The molecule has 4 fully saturated rings. The Bertz CT molecular complexity index is 1500. The molecule has 0 unspecified atom stereocenters. The molecule has 0 saturated heterocycles. The molecule has 1 atom stereocenters. The molecule has 2 aromatic rings. The molecule has 1 aliphatic heterocycles. The van der Waals surface area contributed by atoms with Crippen LogP contribution >= 0.6 is 23.2 Å². The van der Waals surface area contributed by atoms with Crippen molar-refractivity contribution in [3.05, 3.63) is 64.1 Å². The lowest BCUT2D eigenvalue weighted by atomic mass is 9.38. The van der Waals surface area contributed by atoms with E-state index in [0.29, 0.717) is 35.7 Å². The van der Waals surface area contributed by atoms with Crippen LogP contribution in [0.2, 0.25) is 10.0 Å². The van der Waals surface area contributed by atoms with Crippen molar-refractivity contribution < 1.29 is 22.0 Å². The highest BCUT2D eigenvalue weighted by Crippen LogP contribution is 2.71. The van der Waals surface area contributed by atoms with E-state index in [1.165, 1.54) is 0 Å². The van der Waals surface area contributed by atoms with E-state index in [2.05, 4.69) is 5.32 Å². The Morgan fingerprint density at radius 2 is 1.71 bits per heavy atom. The van der Waals surface area contributed by atoms with Gasteiger partial charge in [-0.3, -0.25) is 9.79 Å². The summed E-state index contributed by atoms with van der Waals surface area (Å²) >= 11 is 12.4. The number of nitrogens with zero attached hydrogens (tertiary/aromatic N) is 2. The Morgan fingerprint density at radius 3 is 2.32 bits per heavy atom. The number of carbonyl (C=O) groups excluding carboxylic acids is 1. The number of aliphatic imine (C=N–C) groups is 1. The highest BCUT2D eigenvalue weighted by Gasteiger charge is 2.75. The predicted molar refractivity (Wildman–Crippen MR) is 155 cm³/mol. The minimum Gasteiger partial charge on any atom is -0.366 e. The fourth-order valence-corrected chi connectivity index (χ4v) is 9.29. The van der Waals surface area contributed by atoms with Gasteiger partial charge < -0.3 is 5.32 Å². The van der Waals surface area contributed by atoms with Gasteiger partial charge in [-0.2, -0.15) is 4.31 Å². The summed E-state index contributed by atoms with van der Waals surface area (Å²) in [5.74, 6) is -1.98. The first kappa shape index (κ1) is 29.0. The van der Waals surface area contributed by atoms with Crippen LogP contribution in [0.1, 0.15) is 64.4 Å². The van der Waals surface area contributed by atoms with E-state index in [1.807, 2.05) is 13.8 Å². The lowest BCUT2D eigenvalue weighted by molar-refractivity contribution is -0.151. The average molecular weight is 625 g/mol. The van der Waals surface area contributed by atoms with Crippen LogP contribution in [0.15, 0.2) is 58.4 Å². The first-order valence-electron chi connectivity index (χ1n) is 13.9. The Morgan fingerprint density at radius 1 is 1.05 bits per heavy atom. The van der Waals surface area contributed by atoms with Crippen LogP contribution in [0.3, 0.4) is 0 Å². The van der Waals surface area contributed by atoms with Crippen LogP contribution in [0, 0.1) is 11.3 Å². The van der Waals surface area contributed by atoms with E-state index in [0.717, 1.165) is 11.4 Å². The molecule has 0 amide bonds. The molecular formula is C30H33Cl2F2N3O3S. The lowest BCUT2D eigenvalue weighted by Crippen LogP contribution is -2.78. The summed E-state index contributed by atoms with van der Waals surface area (Å²) in [5, 5.41) is 4.24. The van der Waals surface area contributed by atoms with E-state index in [1.54, 1.807) is 52.8 Å². The zero-order valence-corrected chi connectivity index (χ0v) is 25.3. The zero-order valence-electron chi connectivity index (χ0n) is 23.0. The highest BCUT2D eigenvalue weighted by molar-refractivity contribution is 7.89. The van der Waals surface area contributed by atoms with Crippen LogP contribution in [-0.4, -0.2) is 47.4 Å². The number of hydrogen-bond donors (Lipinski definition) is 1. The molecule has 7 rings (SSSR count). The van der Waals surface area contributed by atoms with Gasteiger partial charge in [-0.1, -0.05) is 47.5 Å². The van der Waals surface area contributed by atoms with Crippen molar-refractivity contribution in [3.63, 3.8) is 0 Å². The number of benzene rings is 2. The maximum Gasteiger partial charge on any atom is 0.248 e. The number of nitrogens with one attached hydrogen (secondary N) is 1. The SMILES string of the molecule is CC1(C)NC(C23CC(N(Cc4ccc(Cl)c(Cl)c4)S(=O)(=O)c4ccccc4)(C2)C3)=N[C@H]1C(=O)CCC1CC(F)(F)C1. The van der Waals surface area contributed by atoms with Gasteiger partial charge in [0.2, 0.25) is 15.9 Å². The van der Waals surface area contributed by atoms with Crippen molar-refractivity contribution >= 4 is 44.8 Å². The van der Waals surface area contributed by atoms with Crippen molar-refractivity contribution in [1.29, 1.82) is 0 Å². The molecule has 220 valence electrons. The quantitative estimate of drug-likeness (QED) is 0.321. The monoisotopic (exact) mass is 623 g/mol. The summed E-state index contributed by atoms with van der Waals surface area (Å²) in [6.45, 7) is 4.01. The number of hydrogen-bond acceptors (Lipinski definition) is 5. The van der Waals surface area contributed by atoms with E-state index >= 15 is 0 Å². The van der Waals surface area contributed by atoms with Crippen molar-refractivity contribution in [3.8, 4) is 0 Å². The second-order valence-corrected chi connectivity index (χ2v) is 15.6. The lowest BCUT2D eigenvalue weighted by Gasteiger charge is -2.73. The molecule has 0 spiro atoms. The Labute approximate surface area is 249 Å². The number of carbonyl (C=O) groups is 1. The third-order valence-electron chi connectivity index (χ3n) is 9.34. The Kier molecular flexibility index (Phi) is 6.88. The Hall–Kier alpha value is -2.07. The van der Waals surface area contributed by atoms with Gasteiger partial charge in [0.25, 0.3) is 0 Å². The summed E-state index contributed by atoms with van der Waals surface area (Å²) in [4.78, 5) is 18.2. The van der Waals surface area contributed by atoms with Crippen LogP contribution in [-0.2, 0) is 21.4 Å². The molecule has 1 N–H and O–H groups in total. The molecule has 0 aromatic heterocycles. The van der Waals surface area contributed by atoms with Gasteiger partial charge in [0.15, 0.2) is 5.78 Å². The van der Waals surface area contributed by atoms with E-state index in [-0.39, 0.29) is 47.8 Å². The zero-order chi connectivity index (χ0) is 29.4. The van der Waals surface area contributed by atoms with Gasteiger partial charge in [0.1, 0.15) is 11.9 Å². The topological polar surface area (TPSA) is 78.8 Å². The standard InChI is InChI=1S/C30H33Cl2F2N3O3S/c1-27(2)25(24(38)11-9-20-13-30(33,34)14-20)35-26(36-27)28-16-29(17-28,18-28)37(15-19-8-10-22(31)23(32)12-19)41(39,40)21-6-4-3-5-7-21/h3-8,10,12,20,25H,9,11,13-18H2,1-2H3,(H,35,36)/t25-,28?,29?/m0/s1. The smallest absolute Gasteiger partial charge is 0.248 e. The number of Topliss-reactive ketones (excluding diaryl/α,β-unsaturated/α-hetero) is 1. The van der Waals surface area contributed by atoms with E-state index < -0.39 is 33.1 Å². The normalized spacial score (nSPS) is 29.6. The summed E-state index contributed by atoms with van der Waals surface area (Å²) in [6, 6.07) is 13.0. The molecule has 0 radical (unpaired) electrons. The summed E-state index contributed by atoms with van der Waals surface area (Å²) in [7, 11) is -3.83. The average Bonchev–Trinajstić information content (AvgIpc) is 3.16. The highest BCUT2D eigenvalue weighted by atomic mass is 35.5. The molecule has 1 heterocycles. The van der Waals surface area contributed by atoms with Gasteiger partial charge in [0.05, 0.1) is 20.5 Å². The summed E-state index contributed by atoms with van der Waals surface area (Å²) in [5.41, 5.74) is -0.754. The van der Waals surface area contributed by atoms with E-state index in [9.17, 15) is 22.0 Å². The number of sulfonamides is 1. The van der Waals surface area contributed by atoms with Gasteiger partial charge in [-0.05, 0) is 75.3 Å². The maximum atomic E-state index is 13.9. The van der Waals surface area contributed by atoms with Crippen molar-refractivity contribution in [2.75, 3.05) is 0 Å². The molecule has 11 heteroatoms. The van der Waals surface area contributed by atoms with Gasteiger partial charge >= 0.3 is 0 Å². The molecular weight excluding hydrogens is 591 g/mol. The molecule has 6 nitrogen and oxygen atoms in total. The number of halogens is 4. The molecule has 2 aromatic carbocycles. The summed E-state index contributed by atoms with van der Waals surface area (Å²) < 4.78 is 55.9. The molecule has 5 aliphatic rings. The third kappa shape index (κ3) is 5.00. The molecule has 4 aliphatic carbocycles. The van der Waals surface area contributed by atoms with Crippen LogP contribution in [0.25, 0.3) is 0 Å². The summed E-state index contributed by atoms with van der Waals surface area (Å²) in [6.07, 6.45) is 2.18. The predicted octanol–water partition coefficient (Wildman–Crippen LogP) is 6.65. The number of ketones is 1.